The highest BCUT2D eigenvalue weighted by atomic mass is 32.1. The quantitative estimate of drug-likeness (QED) is 0.107. The first-order chi connectivity index (χ1) is 34.2. The minimum absolute atomic E-state index is 0.681. The molecule has 0 N–H and O–H groups in total. The van der Waals surface area contributed by atoms with Gasteiger partial charge in [0, 0.05) is 53.3 Å². The van der Waals surface area contributed by atoms with Crippen molar-refractivity contribution in [3.05, 3.63) is 261 Å². The number of thiophene rings is 1. The molecule has 0 aliphatic rings. The van der Waals surface area contributed by atoms with Crippen LogP contribution in [0.5, 0.6) is 0 Å². The standard InChI is InChI=1S/C64H43N3SSi/c1-4-16-50(17-5-1)69(51-18-6-2-7-19-51,52-20-8-3-9-21-52)53-39-34-46(35-40-53)59-43-58(45-30-28-44(29-31-45)48-36-41-63-57(42-48)56-24-12-15-27-62(56)68-63)65-64(66-59)47-32-37-49(38-33-47)67-60-25-13-10-22-54(60)55-23-11-14-26-61(55)67/h1-43H. The van der Waals surface area contributed by atoms with Crippen LogP contribution in [0.1, 0.15) is 0 Å². The molecule has 0 saturated carbocycles. The van der Waals surface area contributed by atoms with Crippen molar-refractivity contribution < 1.29 is 0 Å². The Morgan fingerprint density at radius 1 is 0.304 bits per heavy atom. The van der Waals surface area contributed by atoms with E-state index in [0.717, 1.165) is 33.8 Å². The van der Waals surface area contributed by atoms with E-state index in [1.165, 1.54) is 73.9 Å². The number of para-hydroxylation sites is 2. The molecule has 0 amide bonds. The second kappa shape index (κ2) is 17.0. The van der Waals surface area contributed by atoms with Gasteiger partial charge in [-0.1, -0.05) is 200 Å². The van der Waals surface area contributed by atoms with Crippen molar-refractivity contribution in [1.29, 1.82) is 0 Å². The summed E-state index contributed by atoms with van der Waals surface area (Å²) in [7, 11) is -2.71. The molecule has 13 rings (SSSR count). The Bertz CT molecular complexity index is 3830. The highest BCUT2D eigenvalue weighted by molar-refractivity contribution is 7.25. The summed E-state index contributed by atoms with van der Waals surface area (Å²) in [4.78, 5) is 10.7. The molecule has 324 valence electrons. The van der Waals surface area contributed by atoms with E-state index < -0.39 is 8.07 Å². The van der Waals surface area contributed by atoms with Crippen LogP contribution < -0.4 is 20.7 Å². The number of nitrogens with zero attached hydrogens (tertiary/aromatic N) is 3. The van der Waals surface area contributed by atoms with Crippen molar-refractivity contribution in [2.75, 3.05) is 0 Å². The molecule has 0 bridgehead atoms. The first-order valence-corrected chi connectivity index (χ1v) is 26.3. The fourth-order valence-corrected chi connectivity index (χ4v) is 16.4. The Labute approximate surface area is 405 Å². The maximum absolute atomic E-state index is 5.37. The number of rotatable bonds is 9. The fraction of sp³-hybridized carbons (Fsp3) is 0. The molecule has 0 aliphatic carbocycles. The van der Waals surface area contributed by atoms with Gasteiger partial charge >= 0.3 is 0 Å². The monoisotopic (exact) mass is 913 g/mol. The van der Waals surface area contributed by atoms with E-state index in [1.54, 1.807) is 0 Å². The molecule has 3 heterocycles. The van der Waals surface area contributed by atoms with Crippen molar-refractivity contribution in [2.24, 2.45) is 0 Å². The topological polar surface area (TPSA) is 30.7 Å². The van der Waals surface area contributed by atoms with E-state index in [9.17, 15) is 0 Å². The van der Waals surface area contributed by atoms with Crippen LogP contribution in [0.25, 0.3) is 92.7 Å². The third-order valence-electron chi connectivity index (χ3n) is 13.8. The van der Waals surface area contributed by atoms with E-state index >= 15 is 0 Å². The molecule has 0 radical (unpaired) electrons. The maximum atomic E-state index is 5.37. The summed E-state index contributed by atoms with van der Waals surface area (Å²) in [6, 6.07) is 95.0. The van der Waals surface area contributed by atoms with E-state index in [0.29, 0.717) is 5.82 Å². The van der Waals surface area contributed by atoms with Crippen molar-refractivity contribution >= 4 is 82.1 Å². The Morgan fingerprint density at radius 2 is 0.725 bits per heavy atom. The lowest BCUT2D eigenvalue weighted by Crippen LogP contribution is -2.74. The third kappa shape index (κ3) is 7.02. The lowest BCUT2D eigenvalue weighted by molar-refractivity contribution is 1.16. The molecule has 0 saturated heterocycles. The largest absolute Gasteiger partial charge is 0.309 e. The first kappa shape index (κ1) is 40.8. The molecule has 0 atom stereocenters. The summed E-state index contributed by atoms with van der Waals surface area (Å²) in [6.45, 7) is 0. The molecule has 0 fully saturated rings. The van der Waals surface area contributed by atoms with Crippen LogP contribution in [0.15, 0.2) is 261 Å². The van der Waals surface area contributed by atoms with E-state index in [1.807, 2.05) is 11.3 Å². The predicted molar refractivity (Wildman–Crippen MR) is 295 cm³/mol. The molecule has 69 heavy (non-hydrogen) atoms. The summed E-state index contributed by atoms with van der Waals surface area (Å²) in [5.41, 5.74) is 10.6. The van der Waals surface area contributed by atoms with Gasteiger partial charge in [0.1, 0.15) is 0 Å². The first-order valence-electron chi connectivity index (χ1n) is 23.5. The van der Waals surface area contributed by atoms with Crippen molar-refractivity contribution in [3.8, 4) is 50.7 Å². The lowest BCUT2D eigenvalue weighted by atomic mass is 10.00. The van der Waals surface area contributed by atoms with E-state index in [-0.39, 0.29) is 0 Å². The van der Waals surface area contributed by atoms with Gasteiger partial charge in [0.25, 0.3) is 0 Å². The highest BCUT2D eigenvalue weighted by Gasteiger charge is 2.41. The number of hydrogen-bond acceptors (Lipinski definition) is 3. The zero-order valence-corrected chi connectivity index (χ0v) is 39.4. The summed E-state index contributed by atoms with van der Waals surface area (Å²) in [5, 5.41) is 10.4. The maximum Gasteiger partial charge on any atom is 0.179 e. The van der Waals surface area contributed by atoms with Crippen molar-refractivity contribution in [3.63, 3.8) is 0 Å². The zero-order chi connectivity index (χ0) is 45.7. The summed E-state index contributed by atoms with van der Waals surface area (Å²) >= 11 is 1.85. The highest BCUT2D eigenvalue weighted by Crippen LogP contribution is 2.38. The second-order valence-corrected chi connectivity index (χ2v) is 22.6. The lowest BCUT2D eigenvalue weighted by Gasteiger charge is -2.34. The van der Waals surface area contributed by atoms with Gasteiger partial charge in [-0.2, -0.15) is 0 Å². The van der Waals surface area contributed by atoms with E-state index in [4.69, 9.17) is 9.97 Å². The second-order valence-electron chi connectivity index (χ2n) is 17.7. The van der Waals surface area contributed by atoms with Gasteiger partial charge in [0.2, 0.25) is 0 Å². The predicted octanol–water partition coefficient (Wildman–Crippen LogP) is 14.0. The Kier molecular flexibility index (Phi) is 10.0. The number of benzene rings is 10. The summed E-state index contributed by atoms with van der Waals surface area (Å²) < 4.78 is 4.97. The molecule has 5 heteroatoms. The Morgan fingerprint density at radius 3 is 1.29 bits per heavy atom. The fourth-order valence-electron chi connectivity index (χ4n) is 10.5. The zero-order valence-electron chi connectivity index (χ0n) is 37.6. The van der Waals surface area contributed by atoms with E-state index in [2.05, 4.69) is 265 Å². The van der Waals surface area contributed by atoms with Crippen LogP contribution in [0.3, 0.4) is 0 Å². The average molecular weight is 914 g/mol. The van der Waals surface area contributed by atoms with Gasteiger partial charge in [-0.15, -0.1) is 11.3 Å². The normalized spacial score (nSPS) is 11.8. The van der Waals surface area contributed by atoms with Gasteiger partial charge in [-0.3, -0.25) is 0 Å². The summed E-state index contributed by atoms with van der Waals surface area (Å²) in [6.07, 6.45) is 0. The van der Waals surface area contributed by atoms with Crippen LogP contribution in [0.2, 0.25) is 0 Å². The summed E-state index contributed by atoms with van der Waals surface area (Å²) in [5.74, 6) is 0.681. The molecule has 3 aromatic heterocycles. The molecule has 0 unspecified atom stereocenters. The minimum atomic E-state index is -2.71. The van der Waals surface area contributed by atoms with Crippen LogP contribution >= 0.6 is 11.3 Å². The molecular formula is C64H43N3SSi. The molecule has 0 spiro atoms. The van der Waals surface area contributed by atoms with Gasteiger partial charge < -0.3 is 4.57 Å². The minimum Gasteiger partial charge on any atom is -0.309 e. The molecule has 13 aromatic rings. The third-order valence-corrected chi connectivity index (χ3v) is 19.8. The molecule has 3 nitrogen and oxygen atoms in total. The van der Waals surface area contributed by atoms with Crippen LogP contribution in [-0.4, -0.2) is 22.6 Å². The smallest absolute Gasteiger partial charge is 0.179 e. The number of fused-ring (bicyclic) bond motifs is 6. The van der Waals surface area contributed by atoms with Crippen LogP contribution in [0.4, 0.5) is 0 Å². The van der Waals surface area contributed by atoms with Crippen molar-refractivity contribution in [2.45, 2.75) is 0 Å². The van der Waals surface area contributed by atoms with Crippen LogP contribution in [-0.2, 0) is 0 Å². The molecular weight excluding hydrogens is 871 g/mol. The SMILES string of the molecule is c1ccc([Si](c2ccccc2)(c2ccccc2)c2ccc(-c3cc(-c4ccc(-c5ccc6sc7ccccc7c6c5)cc4)nc(-c4ccc(-n5c6ccccc6c6ccccc65)cc4)n3)cc2)cc1. The average Bonchev–Trinajstić information content (AvgIpc) is 3.98. The molecule has 10 aromatic carbocycles. The van der Waals surface area contributed by atoms with Gasteiger partial charge in [-0.05, 0) is 92.5 Å². The van der Waals surface area contributed by atoms with Crippen molar-refractivity contribution in [1.82, 2.24) is 14.5 Å². The van der Waals surface area contributed by atoms with Gasteiger partial charge in [0.05, 0.1) is 22.4 Å². The Hall–Kier alpha value is -8.48. The number of hydrogen-bond donors (Lipinski definition) is 0. The Balaban J connectivity index is 0.931. The molecule has 0 aliphatic heterocycles. The number of aromatic nitrogens is 3. The van der Waals surface area contributed by atoms with Gasteiger partial charge in [-0.25, -0.2) is 9.97 Å². The van der Waals surface area contributed by atoms with Crippen LogP contribution in [0, 0.1) is 0 Å². The van der Waals surface area contributed by atoms with Gasteiger partial charge in [0.15, 0.2) is 13.9 Å².